The van der Waals surface area contributed by atoms with Gasteiger partial charge >= 0.3 is 6.61 Å². The van der Waals surface area contributed by atoms with Crippen molar-refractivity contribution in [3.63, 3.8) is 0 Å². The number of halogens is 2. The smallest absolute Gasteiger partial charge is 0.387 e. The average Bonchev–Trinajstić information content (AvgIpc) is 2.95. The van der Waals surface area contributed by atoms with Gasteiger partial charge in [-0.25, -0.2) is 8.42 Å². The van der Waals surface area contributed by atoms with E-state index in [0.717, 1.165) is 11.3 Å². The SMILES string of the molecule is CN(Cc1ccc(OC(F)F)cc1)S(=O)(=O)c1cccs1. The normalized spacial score (nSPS) is 12.0. The molecule has 0 bridgehead atoms. The molecule has 1 heterocycles. The molecule has 21 heavy (non-hydrogen) atoms. The first kappa shape index (κ1) is 15.9. The maximum absolute atomic E-state index is 12.2. The maximum atomic E-state index is 12.2. The zero-order valence-electron chi connectivity index (χ0n) is 11.1. The van der Waals surface area contributed by atoms with Gasteiger partial charge in [-0.15, -0.1) is 11.3 Å². The van der Waals surface area contributed by atoms with Gasteiger partial charge in [0.25, 0.3) is 10.0 Å². The minimum Gasteiger partial charge on any atom is -0.435 e. The molecule has 0 atom stereocenters. The second-order valence-corrected chi connectivity index (χ2v) is 7.44. The average molecular weight is 333 g/mol. The van der Waals surface area contributed by atoms with Crippen LogP contribution in [0.3, 0.4) is 0 Å². The standard InChI is InChI=1S/C13H13F2NO3S2/c1-16(21(17,18)12-3-2-8-20-12)9-10-4-6-11(7-5-10)19-13(14)15/h2-8,13H,9H2,1H3. The van der Waals surface area contributed by atoms with Crippen LogP contribution in [0, 0.1) is 0 Å². The van der Waals surface area contributed by atoms with E-state index in [0.29, 0.717) is 5.56 Å². The molecule has 1 aromatic carbocycles. The van der Waals surface area contributed by atoms with Gasteiger partial charge in [0.1, 0.15) is 9.96 Å². The first-order valence-corrected chi connectivity index (χ1v) is 8.25. The predicted octanol–water partition coefficient (Wildman–Crippen LogP) is 3.17. The topological polar surface area (TPSA) is 46.6 Å². The van der Waals surface area contributed by atoms with Crippen LogP contribution in [-0.4, -0.2) is 26.4 Å². The molecule has 0 saturated heterocycles. The number of ether oxygens (including phenoxy) is 1. The van der Waals surface area contributed by atoms with E-state index >= 15 is 0 Å². The quantitative estimate of drug-likeness (QED) is 0.816. The van der Waals surface area contributed by atoms with Gasteiger partial charge in [0.2, 0.25) is 0 Å². The Morgan fingerprint density at radius 3 is 2.43 bits per heavy atom. The molecule has 1 aromatic heterocycles. The second kappa shape index (κ2) is 6.50. The van der Waals surface area contributed by atoms with E-state index in [2.05, 4.69) is 4.74 Å². The summed E-state index contributed by atoms with van der Waals surface area (Å²) in [4.78, 5) is 0. The van der Waals surface area contributed by atoms with Crippen LogP contribution < -0.4 is 4.74 Å². The molecule has 0 fully saturated rings. The van der Waals surface area contributed by atoms with E-state index in [4.69, 9.17) is 0 Å². The number of rotatable bonds is 6. The van der Waals surface area contributed by atoms with Crippen LogP contribution in [0.15, 0.2) is 46.0 Å². The number of thiophene rings is 1. The highest BCUT2D eigenvalue weighted by molar-refractivity contribution is 7.91. The summed E-state index contributed by atoms with van der Waals surface area (Å²) in [5.74, 6) is 0.0394. The highest BCUT2D eigenvalue weighted by Gasteiger charge is 2.21. The minimum atomic E-state index is -3.52. The predicted molar refractivity (Wildman–Crippen MR) is 76.0 cm³/mol. The lowest BCUT2D eigenvalue weighted by Crippen LogP contribution is -2.25. The lowest BCUT2D eigenvalue weighted by atomic mass is 10.2. The Labute approximate surface area is 125 Å². The molecule has 2 aromatic rings. The summed E-state index contributed by atoms with van der Waals surface area (Å²) in [5, 5.41) is 1.69. The molecule has 114 valence electrons. The number of nitrogens with zero attached hydrogens (tertiary/aromatic N) is 1. The van der Waals surface area contributed by atoms with Gasteiger partial charge in [0.15, 0.2) is 0 Å². The summed E-state index contributed by atoms with van der Waals surface area (Å²) < 4.78 is 54.2. The van der Waals surface area contributed by atoms with Crippen molar-refractivity contribution in [2.75, 3.05) is 7.05 Å². The first-order valence-electron chi connectivity index (χ1n) is 5.93. The summed E-state index contributed by atoms with van der Waals surface area (Å²) in [5.41, 5.74) is 0.680. The van der Waals surface area contributed by atoms with Crippen LogP contribution in [-0.2, 0) is 16.6 Å². The Hall–Kier alpha value is -1.51. The van der Waals surface area contributed by atoms with E-state index in [1.807, 2.05) is 0 Å². The van der Waals surface area contributed by atoms with E-state index in [1.165, 1.54) is 29.6 Å². The first-order chi connectivity index (χ1) is 9.89. The Bertz CT molecular complexity index is 670. The zero-order valence-corrected chi connectivity index (χ0v) is 12.7. The Balaban J connectivity index is 2.08. The molecule has 0 N–H and O–H groups in total. The molecule has 0 amide bonds. The van der Waals surface area contributed by atoms with Crippen LogP contribution in [0.4, 0.5) is 8.78 Å². The maximum Gasteiger partial charge on any atom is 0.387 e. The van der Waals surface area contributed by atoms with Crippen molar-refractivity contribution in [3.8, 4) is 5.75 Å². The molecular formula is C13H13F2NO3S2. The van der Waals surface area contributed by atoms with Crippen LogP contribution >= 0.6 is 11.3 Å². The van der Waals surface area contributed by atoms with Crippen molar-refractivity contribution in [2.45, 2.75) is 17.4 Å². The Morgan fingerprint density at radius 2 is 1.90 bits per heavy atom. The molecule has 8 heteroatoms. The fourth-order valence-corrected chi connectivity index (χ4v) is 4.04. The highest BCUT2D eigenvalue weighted by atomic mass is 32.2. The Kier molecular flexibility index (Phi) is 4.92. The monoisotopic (exact) mass is 333 g/mol. The van der Waals surface area contributed by atoms with Crippen molar-refractivity contribution in [2.24, 2.45) is 0 Å². The fourth-order valence-electron chi connectivity index (χ4n) is 1.68. The van der Waals surface area contributed by atoms with E-state index in [-0.39, 0.29) is 16.5 Å². The molecule has 0 radical (unpaired) electrons. The largest absolute Gasteiger partial charge is 0.435 e. The summed E-state index contributed by atoms with van der Waals surface area (Å²) in [6.07, 6.45) is 0. The number of hydrogen-bond donors (Lipinski definition) is 0. The van der Waals surface area contributed by atoms with Crippen LogP contribution in [0.2, 0.25) is 0 Å². The summed E-state index contributed by atoms with van der Waals surface area (Å²) in [6.45, 7) is -2.73. The van der Waals surface area contributed by atoms with Crippen LogP contribution in [0.1, 0.15) is 5.56 Å². The number of hydrogen-bond acceptors (Lipinski definition) is 4. The van der Waals surface area contributed by atoms with Crippen molar-refractivity contribution in [3.05, 3.63) is 47.3 Å². The molecular weight excluding hydrogens is 320 g/mol. The third-order valence-corrected chi connectivity index (χ3v) is 5.89. The van der Waals surface area contributed by atoms with E-state index in [9.17, 15) is 17.2 Å². The molecule has 4 nitrogen and oxygen atoms in total. The fraction of sp³-hybridized carbons (Fsp3) is 0.231. The van der Waals surface area contributed by atoms with Crippen molar-refractivity contribution < 1.29 is 21.9 Å². The molecule has 0 aliphatic heterocycles. The highest BCUT2D eigenvalue weighted by Crippen LogP contribution is 2.22. The van der Waals surface area contributed by atoms with Gasteiger partial charge in [-0.1, -0.05) is 18.2 Å². The number of benzene rings is 1. The minimum absolute atomic E-state index is 0.0394. The molecule has 0 saturated carbocycles. The third kappa shape index (κ3) is 3.99. The summed E-state index contributed by atoms with van der Waals surface area (Å²) in [7, 11) is -2.05. The van der Waals surface area contributed by atoms with Gasteiger partial charge in [0.05, 0.1) is 0 Å². The zero-order chi connectivity index (χ0) is 15.5. The van der Waals surface area contributed by atoms with Crippen molar-refractivity contribution in [1.82, 2.24) is 4.31 Å². The molecule has 0 aliphatic rings. The number of sulfonamides is 1. The lowest BCUT2D eigenvalue weighted by Gasteiger charge is -2.16. The van der Waals surface area contributed by atoms with Gasteiger partial charge in [0, 0.05) is 13.6 Å². The second-order valence-electron chi connectivity index (χ2n) is 4.22. The molecule has 0 aliphatic carbocycles. The van der Waals surface area contributed by atoms with E-state index in [1.54, 1.807) is 23.6 Å². The summed E-state index contributed by atoms with van der Waals surface area (Å²) >= 11 is 1.15. The van der Waals surface area contributed by atoms with Crippen molar-refractivity contribution in [1.29, 1.82) is 0 Å². The molecule has 0 unspecified atom stereocenters. The lowest BCUT2D eigenvalue weighted by molar-refractivity contribution is -0.0498. The van der Waals surface area contributed by atoms with Crippen LogP contribution in [0.25, 0.3) is 0 Å². The number of alkyl halides is 2. The third-order valence-electron chi connectivity index (χ3n) is 2.71. The van der Waals surface area contributed by atoms with Gasteiger partial charge < -0.3 is 4.74 Å². The van der Waals surface area contributed by atoms with Gasteiger partial charge in [-0.2, -0.15) is 13.1 Å². The summed E-state index contributed by atoms with van der Waals surface area (Å²) in [6, 6.07) is 9.08. The molecule has 0 spiro atoms. The van der Waals surface area contributed by atoms with E-state index < -0.39 is 16.6 Å². The van der Waals surface area contributed by atoms with Gasteiger partial charge in [-0.05, 0) is 29.1 Å². The van der Waals surface area contributed by atoms with Crippen molar-refractivity contribution >= 4 is 21.4 Å². The van der Waals surface area contributed by atoms with Crippen LogP contribution in [0.5, 0.6) is 5.75 Å². The molecule has 2 rings (SSSR count). The Morgan fingerprint density at radius 1 is 1.24 bits per heavy atom. The van der Waals surface area contributed by atoms with Gasteiger partial charge in [-0.3, -0.25) is 0 Å².